The number of fused-ring (bicyclic) bond motifs is 1. The molecule has 3 rings (SSSR count). The van der Waals surface area contributed by atoms with Gasteiger partial charge in [0.05, 0.1) is 18.9 Å². The van der Waals surface area contributed by atoms with Crippen LogP contribution in [0.5, 0.6) is 0 Å². The molecule has 0 unspecified atom stereocenters. The third kappa shape index (κ3) is 4.53. The van der Waals surface area contributed by atoms with E-state index in [1.807, 2.05) is 0 Å². The van der Waals surface area contributed by atoms with Crippen molar-refractivity contribution in [2.24, 2.45) is 5.92 Å². The summed E-state index contributed by atoms with van der Waals surface area (Å²) in [6, 6.07) is 0. The Balaban J connectivity index is 1.74. The van der Waals surface area contributed by atoms with Gasteiger partial charge in [-0.15, -0.1) is 0 Å². The first kappa shape index (κ1) is 16.4. The lowest BCUT2D eigenvalue weighted by Gasteiger charge is -2.17. The van der Waals surface area contributed by atoms with Crippen LogP contribution in [-0.2, 0) is 22.3 Å². The molecule has 0 amide bonds. The van der Waals surface area contributed by atoms with Crippen LogP contribution in [0.4, 0.5) is 11.8 Å². The predicted molar refractivity (Wildman–Crippen MR) is 90.1 cm³/mol. The Labute approximate surface area is 137 Å². The van der Waals surface area contributed by atoms with Gasteiger partial charge in [-0.2, -0.15) is 4.98 Å². The number of nitrogens with zero attached hydrogens (tertiary/aromatic N) is 2. The summed E-state index contributed by atoms with van der Waals surface area (Å²) in [5, 5.41) is 10.2. The van der Waals surface area contributed by atoms with Gasteiger partial charge in [0.15, 0.2) is 0 Å². The largest absolute Gasteiger partial charge is 0.383 e. The number of hydrogen-bond donors (Lipinski definition) is 3. The summed E-state index contributed by atoms with van der Waals surface area (Å²) in [6.07, 6.45) is 3.04. The van der Waals surface area contributed by atoms with E-state index in [-0.39, 0.29) is 0 Å². The molecule has 0 spiro atoms. The van der Waals surface area contributed by atoms with Crippen LogP contribution >= 0.6 is 0 Å². The molecule has 1 aromatic rings. The lowest BCUT2D eigenvalue weighted by atomic mass is 10.1. The third-order valence-electron chi connectivity index (χ3n) is 4.35. The number of methoxy groups -OCH3 is 1. The van der Waals surface area contributed by atoms with Gasteiger partial charge in [-0.3, -0.25) is 0 Å². The molecule has 0 bridgehead atoms. The molecule has 0 radical (unpaired) electrons. The minimum absolute atomic E-state index is 0.578. The second-order valence-corrected chi connectivity index (χ2v) is 6.10. The Hall–Kier alpha value is -1.44. The van der Waals surface area contributed by atoms with Gasteiger partial charge < -0.3 is 25.4 Å². The second kappa shape index (κ2) is 8.42. The molecule has 1 atom stereocenters. The number of nitrogens with one attached hydrogen (secondary N) is 3. The molecule has 0 saturated carbocycles. The number of ether oxygens (including phenoxy) is 2. The van der Waals surface area contributed by atoms with Crippen molar-refractivity contribution in [2.45, 2.75) is 19.3 Å². The lowest BCUT2D eigenvalue weighted by molar-refractivity contribution is 0.187. The average molecular weight is 321 g/mol. The van der Waals surface area contributed by atoms with E-state index in [0.717, 1.165) is 63.6 Å². The molecular formula is C16H27N5O2. The van der Waals surface area contributed by atoms with Crippen LogP contribution in [0.25, 0.3) is 0 Å². The first-order valence-corrected chi connectivity index (χ1v) is 8.51. The first-order valence-electron chi connectivity index (χ1n) is 8.51. The van der Waals surface area contributed by atoms with Crippen molar-refractivity contribution in [2.75, 3.05) is 63.7 Å². The van der Waals surface area contributed by atoms with Gasteiger partial charge in [0.1, 0.15) is 5.82 Å². The zero-order valence-electron chi connectivity index (χ0n) is 13.9. The first-order chi connectivity index (χ1) is 11.4. The van der Waals surface area contributed by atoms with Crippen LogP contribution in [0.1, 0.15) is 17.7 Å². The number of aromatic nitrogens is 2. The Morgan fingerprint density at radius 2 is 2.17 bits per heavy atom. The van der Waals surface area contributed by atoms with E-state index in [0.29, 0.717) is 25.0 Å². The molecule has 128 valence electrons. The zero-order chi connectivity index (χ0) is 15.9. The van der Waals surface area contributed by atoms with Crippen molar-refractivity contribution in [3.05, 3.63) is 11.3 Å². The van der Waals surface area contributed by atoms with E-state index >= 15 is 0 Å². The van der Waals surface area contributed by atoms with Gasteiger partial charge in [-0.05, 0) is 19.4 Å². The minimum Gasteiger partial charge on any atom is -0.383 e. The highest BCUT2D eigenvalue weighted by molar-refractivity contribution is 5.51. The van der Waals surface area contributed by atoms with Crippen LogP contribution in [0, 0.1) is 5.92 Å². The van der Waals surface area contributed by atoms with E-state index in [1.165, 1.54) is 5.56 Å². The van der Waals surface area contributed by atoms with Gasteiger partial charge in [0.25, 0.3) is 0 Å². The molecule has 3 N–H and O–H groups in total. The maximum absolute atomic E-state index is 5.46. The highest BCUT2D eigenvalue weighted by atomic mass is 16.5. The van der Waals surface area contributed by atoms with E-state index < -0.39 is 0 Å². The van der Waals surface area contributed by atoms with Crippen molar-refractivity contribution in [1.29, 1.82) is 0 Å². The van der Waals surface area contributed by atoms with E-state index in [4.69, 9.17) is 19.4 Å². The summed E-state index contributed by atoms with van der Waals surface area (Å²) in [6.45, 7) is 5.94. The third-order valence-corrected chi connectivity index (χ3v) is 4.35. The normalized spacial score (nSPS) is 20.8. The molecule has 3 heterocycles. The monoisotopic (exact) mass is 321 g/mol. The predicted octanol–water partition coefficient (Wildman–Crippen LogP) is 0.672. The number of anilines is 2. The summed E-state index contributed by atoms with van der Waals surface area (Å²) in [4.78, 5) is 9.41. The molecular weight excluding hydrogens is 294 g/mol. The van der Waals surface area contributed by atoms with Crippen molar-refractivity contribution in [3.63, 3.8) is 0 Å². The highest BCUT2D eigenvalue weighted by Gasteiger charge is 2.19. The van der Waals surface area contributed by atoms with Gasteiger partial charge in [0, 0.05) is 51.3 Å². The van der Waals surface area contributed by atoms with Gasteiger partial charge in [-0.25, -0.2) is 4.98 Å². The average Bonchev–Trinajstić information content (AvgIpc) is 2.97. The summed E-state index contributed by atoms with van der Waals surface area (Å²) in [7, 11) is 1.70. The molecule has 2 aliphatic heterocycles. The topological polar surface area (TPSA) is 80.3 Å². The molecule has 0 aromatic carbocycles. The molecule has 1 saturated heterocycles. The second-order valence-electron chi connectivity index (χ2n) is 6.10. The van der Waals surface area contributed by atoms with Crippen LogP contribution in [0.3, 0.4) is 0 Å². The van der Waals surface area contributed by atoms with Crippen LogP contribution in [0.2, 0.25) is 0 Å². The van der Waals surface area contributed by atoms with E-state index in [2.05, 4.69) is 16.0 Å². The molecule has 0 aliphatic carbocycles. The zero-order valence-corrected chi connectivity index (χ0v) is 13.9. The van der Waals surface area contributed by atoms with Crippen LogP contribution < -0.4 is 16.0 Å². The highest BCUT2D eigenvalue weighted by Crippen LogP contribution is 2.22. The van der Waals surface area contributed by atoms with E-state index in [9.17, 15) is 0 Å². The standard InChI is InChI=1S/C16H27N5O2/c1-22-9-7-18-16-20-14-3-6-17-5-2-13(14)15(21-16)19-10-12-4-8-23-11-12/h12,17H,2-11H2,1H3,(H2,18,19,20,21)/t12-/m0/s1. The Kier molecular flexibility index (Phi) is 6.01. The maximum atomic E-state index is 5.46. The Morgan fingerprint density at radius 1 is 1.26 bits per heavy atom. The molecule has 7 heteroatoms. The fraction of sp³-hybridized carbons (Fsp3) is 0.750. The quantitative estimate of drug-likeness (QED) is 0.637. The van der Waals surface area contributed by atoms with Gasteiger partial charge in [-0.1, -0.05) is 0 Å². The molecule has 2 aliphatic rings. The van der Waals surface area contributed by atoms with Gasteiger partial charge >= 0.3 is 0 Å². The number of rotatable bonds is 7. The van der Waals surface area contributed by atoms with Crippen molar-refractivity contribution in [3.8, 4) is 0 Å². The lowest BCUT2D eigenvalue weighted by Crippen LogP contribution is -2.19. The van der Waals surface area contributed by atoms with Crippen LogP contribution in [0.15, 0.2) is 0 Å². The summed E-state index contributed by atoms with van der Waals surface area (Å²) in [5.74, 6) is 2.24. The number of hydrogen-bond acceptors (Lipinski definition) is 7. The minimum atomic E-state index is 0.578. The molecule has 23 heavy (non-hydrogen) atoms. The van der Waals surface area contributed by atoms with E-state index in [1.54, 1.807) is 7.11 Å². The van der Waals surface area contributed by atoms with Crippen molar-refractivity contribution >= 4 is 11.8 Å². The van der Waals surface area contributed by atoms with Gasteiger partial charge in [0.2, 0.25) is 5.95 Å². The molecule has 7 nitrogen and oxygen atoms in total. The SMILES string of the molecule is COCCNc1nc2c(c(NC[C@@H]3CCOC3)n1)CCNCC2. The summed E-state index contributed by atoms with van der Waals surface area (Å²) < 4.78 is 10.5. The Bertz CT molecular complexity index is 505. The molecule has 1 fully saturated rings. The van der Waals surface area contributed by atoms with Crippen molar-refractivity contribution < 1.29 is 9.47 Å². The Morgan fingerprint density at radius 3 is 3.00 bits per heavy atom. The fourth-order valence-corrected chi connectivity index (χ4v) is 3.02. The summed E-state index contributed by atoms with van der Waals surface area (Å²) >= 11 is 0. The fourth-order valence-electron chi connectivity index (χ4n) is 3.02. The maximum Gasteiger partial charge on any atom is 0.224 e. The summed E-state index contributed by atoms with van der Waals surface area (Å²) in [5.41, 5.74) is 2.40. The molecule has 1 aromatic heterocycles. The van der Waals surface area contributed by atoms with Crippen LogP contribution in [-0.4, -0.2) is 63.1 Å². The smallest absolute Gasteiger partial charge is 0.224 e. The van der Waals surface area contributed by atoms with Crippen molar-refractivity contribution in [1.82, 2.24) is 15.3 Å².